The van der Waals surface area contributed by atoms with Crippen LogP contribution in [0.15, 0.2) is 42.1 Å². The van der Waals surface area contributed by atoms with Gasteiger partial charge in [0, 0.05) is 48.2 Å². The molecule has 0 aliphatic rings. The minimum absolute atomic E-state index is 0.158. The van der Waals surface area contributed by atoms with Gasteiger partial charge in [-0.3, -0.25) is 9.59 Å². The second-order valence-corrected chi connectivity index (χ2v) is 11.3. The molecular weight excluding hydrogens is 456 g/mol. The van der Waals surface area contributed by atoms with Crippen molar-refractivity contribution in [3.63, 3.8) is 0 Å². The number of aromatic nitrogens is 1. The van der Waals surface area contributed by atoms with Crippen LogP contribution in [0.4, 0.5) is 0 Å². The summed E-state index contributed by atoms with van der Waals surface area (Å²) in [6.07, 6.45) is 3.59. The summed E-state index contributed by atoms with van der Waals surface area (Å²) in [6.45, 7) is 13.0. The minimum atomic E-state index is -1.03. The van der Waals surface area contributed by atoms with E-state index in [0.29, 0.717) is 0 Å². The summed E-state index contributed by atoms with van der Waals surface area (Å²) in [6, 6.07) is 6.21. The monoisotopic (exact) mass is 498 g/mol. The van der Waals surface area contributed by atoms with Gasteiger partial charge in [-0.15, -0.1) is 0 Å². The first kappa shape index (κ1) is 29.1. The molecule has 2 aromatic rings. The van der Waals surface area contributed by atoms with Crippen molar-refractivity contribution in [3.8, 4) is 0 Å². The number of carboxylic acid groups (broad SMARTS) is 1. The van der Waals surface area contributed by atoms with E-state index in [0.717, 1.165) is 16.5 Å². The van der Waals surface area contributed by atoms with Crippen LogP contribution >= 0.6 is 0 Å². The summed E-state index contributed by atoms with van der Waals surface area (Å²) in [5.74, 6) is -1.59. The van der Waals surface area contributed by atoms with Gasteiger partial charge >= 0.3 is 5.97 Å². The van der Waals surface area contributed by atoms with Crippen molar-refractivity contribution < 1.29 is 19.5 Å². The maximum absolute atomic E-state index is 13.7. The lowest BCUT2D eigenvalue weighted by atomic mass is 9.76. The lowest BCUT2D eigenvalue weighted by molar-refractivity contribution is -0.140. The van der Waals surface area contributed by atoms with E-state index in [1.807, 2.05) is 53.8 Å². The molecule has 1 heterocycles. The van der Waals surface area contributed by atoms with Gasteiger partial charge in [0.15, 0.2) is 0 Å². The van der Waals surface area contributed by atoms with E-state index in [1.165, 1.54) is 17.9 Å². The van der Waals surface area contributed by atoms with Crippen molar-refractivity contribution in [1.29, 1.82) is 0 Å². The van der Waals surface area contributed by atoms with E-state index in [1.54, 1.807) is 21.0 Å². The van der Waals surface area contributed by atoms with Gasteiger partial charge in [0.1, 0.15) is 6.04 Å². The van der Waals surface area contributed by atoms with Crippen molar-refractivity contribution in [1.82, 2.24) is 20.1 Å². The number of hydrogen-bond donors (Lipinski definition) is 3. The van der Waals surface area contributed by atoms with Gasteiger partial charge in [0.25, 0.3) is 0 Å². The van der Waals surface area contributed by atoms with Gasteiger partial charge in [-0.05, 0) is 37.9 Å². The van der Waals surface area contributed by atoms with Gasteiger partial charge in [0.2, 0.25) is 11.8 Å². The Morgan fingerprint density at radius 2 is 1.67 bits per heavy atom. The number of carbonyl (C=O) groups excluding carboxylic acids is 2. The highest BCUT2D eigenvalue weighted by atomic mass is 16.4. The number of amides is 2. The van der Waals surface area contributed by atoms with E-state index in [4.69, 9.17) is 0 Å². The Morgan fingerprint density at radius 3 is 2.19 bits per heavy atom. The maximum atomic E-state index is 13.7. The molecule has 0 fully saturated rings. The van der Waals surface area contributed by atoms with Crippen LogP contribution < -0.4 is 10.6 Å². The molecule has 0 spiro atoms. The molecule has 36 heavy (non-hydrogen) atoms. The number of aliphatic carboxylic acids is 1. The van der Waals surface area contributed by atoms with Crippen molar-refractivity contribution in [2.75, 3.05) is 14.1 Å². The lowest BCUT2D eigenvalue weighted by Gasteiger charge is -2.38. The Balaban J connectivity index is 2.38. The average Bonchev–Trinajstić information content (AvgIpc) is 3.13. The van der Waals surface area contributed by atoms with Gasteiger partial charge in [0.05, 0.1) is 6.04 Å². The number of hydrogen-bond acceptors (Lipinski definition) is 4. The third kappa shape index (κ3) is 5.98. The van der Waals surface area contributed by atoms with Crippen molar-refractivity contribution >= 4 is 28.7 Å². The van der Waals surface area contributed by atoms with Gasteiger partial charge < -0.3 is 25.2 Å². The van der Waals surface area contributed by atoms with E-state index in [9.17, 15) is 19.5 Å². The summed E-state index contributed by atoms with van der Waals surface area (Å²) in [5, 5.41) is 16.5. The Kier molecular flexibility index (Phi) is 8.78. The number of carboxylic acids is 1. The zero-order valence-corrected chi connectivity index (χ0v) is 23.3. The Morgan fingerprint density at radius 1 is 1.08 bits per heavy atom. The Hall–Kier alpha value is -3.13. The third-order valence-electron chi connectivity index (χ3n) is 7.05. The second-order valence-electron chi connectivity index (χ2n) is 11.3. The number of carbonyl (C=O) groups is 3. The number of nitrogens with zero attached hydrogens (tertiary/aromatic N) is 2. The van der Waals surface area contributed by atoms with E-state index in [-0.39, 0.29) is 17.4 Å². The Bertz CT molecular complexity index is 1160. The van der Waals surface area contributed by atoms with Gasteiger partial charge in [-0.2, -0.15) is 0 Å². The zero-order chi connectivity index (χ0) is 27.6. The first-order valence-electron chi connectivity index (χ1n) is 12.2. The number of aryl methyl sites for hydroxylation is 1. The molecule has 0 aliphatic heterocycles. The molecular formula is C28H42N4O4. The standard InChI is InChI=1S/C28H42N4O4/c1-17(26(35)36)15-18(2)32(10)25(34)23(27(3,4)5)30-24(33)22(29-8)28(6,7)20-16-31(9)21-14-12-11-13-19(20)21/h11-16,18,22-23,29H,1-10H3,(H,30,33)(H,35,36)/t18-,22+,23+/m0/s1. The molecule has 1 aromatic carbocycles. The van der Waals surface area contributed by atoms with Crippen molar-refractivity contribution in [2.45, 2.75) is 72.0 Å². The average molecular weight is 499 g/mol. The number of likely N-dealkylation sites (N-methyl/N-ethyl adjacent to an activating group) is 2. The number of para-hydroxylation sites is 1. The molecule has 1 aromatic heterocycles. The molecule has 198 valence electrons. The molecule has 0 radical (unpaired) electrons. The van der Waals surface area contributed by atoms with Gasteiger partial charge in [-0.25, -0.2) is 4.79 Å². The van der Waals surface area contributed by atoms with Crippen molar-refractivity contribution in [3.05, 3.63) is 47.7 Å². The number of benzene rings is 1. The first-order chi connectivity index (χ1) is 16.5. The van der Waals surface area contributed by atoms with Crippen LogP contribution in [0.1, 0.15) is 54.0 Å². The van der Waals surface area contributed by atoms with Crippen LogP contribution in [0.25, 0.3) is 10.9 Å². The molecule has 0 saturated heterocycles. The normalized spacial score (nSPS) is 15.3. The second kappa shape index (κ2) is 10.9. The molecule has 3 N–H and O–H groups in total. The zero-order valence-electron chi connectivity index (χ0n) is 23.3. The number of nitrogens with one attached hydrogen (secondary N) is 2. The summed E-state index contributed by atoms with van der Waals surface area (Å²) in [4.78, 5) is 40.0. The van der Waals surface area contributed by atoms with Crippen LogP contribution in [0.2, 0.25) is 0 Å². The molecule has 0 saturated carbocycles. The summed E-state index contributed by atoms with van der Waals surface area (Å²) in [7, 11) is 5.36. The van der Waals surface area contributed by atoms with Crippen molar-refractivity contribution in [2.24, 2.45) is 12.5 Å². The fourth-order valence-corrected chi connectivity index (χ4v) is 4.65. The lowest BCUT2D eigenvalue weighted by Crippen LogP contribution is -2.61. The molecule has 2 rings (SSSR count). The predicted molar refractivity (Wildman–Crippen MR) is 144 cm³/mol. The van der Waals surface area contributed by atoms with Gasteiger partial charge in [-0.1, -0.05) is 58.9 Å². The summed E-state index contributed by atoms with van der Waals surface area (Å²) < 4.78 is 2.06. The smallest absolute Gasteiger partial charge is 0.331 e. The number of fused-ring (bicyclic) bond motifs is 1. The molecule has 0 unspecified atom stereocenters. The molecule has 3 atom stereocenters. The summed E-state index contributed by atoms with van der Waals surface area (Å²) >= 11 is 0. The Labute approximate surface area is 214 Å². The highest BCUT2D eigenvalue weighted by molar-refractivity contribution is 5.93. The van der Waals surface area contributed by atoms with E-state index >= 15 is 0 Å². The molecule has 8 nitrogen and oxygen atoms in total. The topological polar surface area (TPSA) is 104 Å². The number of rotatable bonds is 9. The fourth-order valence-electron chi connectivity index (χ4n) is 4.65. The molecule has 0 aliphatic carbocycles. The highest BCUT2D eigenvalue weighted by Gasteiger charge is 2.42. The largest absolute Gasteiger partial charge is 0.478 e. The molecule has 2 amide bonds. The third-order valence-corrected chi connectivity index (χ3v) is 7.05. The highest BCUT2D eigenvalue weighted by Crippen LogP contribution is 2.35. The minimum Gasteiger partial charge on any atom is -0.478 e. The predicted octanol–water partition coefficient (Wildman–Crippen LogP) is 3.45. The fraction of sp³-hybridized carbons (Fsp3) is 0.536. The van der Waals surface area contributed by atoms with Crippen LogP contribution in [0.5, 0.6) is 0 Å². The molecule has 0 bridgehead atoms. The van der Waals surface area contributed by atoms with Crippen LogP contribution in [0, 0.1) is 5.41 Å². The van der Waals surface area contributed by atoms with Crippen LogP contribution in [0.3, 0.4) is 0 Å². The summed E-state index contributed by atoms with van der Waals surface area (Å²) in [5.41, 5.74) is 1.11. The van der Waals surface area contributed by atoms with E-state index < -0.39 is 34.9 Å². The quantitative estimate of drug-likeness (QED) is 0.460. The maximum Gasteiger partial charge on any atom is 0.331 e. The van der Waals surface area contributed by atoms with Crippen LogP contribution in [-0.4, -0.2) is 64.6 Å². The van der Waals surface area contributed by atoms with E-state index in [2.05, 4.69) is 33.5 Å². The van der Waals surface area contributed by atoms with Crippen LogP contribution in [-0.2, 0) is 26.8 Å². The molecule has 8 heteroatoms. The first-order valence-corrected chi connectivity index (χ1v) is 12.2. The SMILES string of the molecule is CN[C@H](C(=O)N[C@H](C(=O)N(C)[C@@H](C)C=C(C)C(=O)O)C(C)(C)C)C(C)(C)c1cn(C)c2ccccc12.